The van der Waals surface area contributed by atoms with Crippen LogP contribution in [0.25, 0.3) is 0 Å². The highest BCUT2D eigenvalue weighted by Crippen LogP contribution is 2.00. The molecule has 1 nitrogen and oxygen atoms in total. The molecule has 0 amide bonds. The van der Waals surface area contributed by atoms with Gasteiger partial charge in [-0.2, -0.15) is 0 Å². The highest BCUT2D eigenvalue weighted by atomic mass is 16.1. The van der Waals surface area contributed by atoms with Crippen LogP contribution in [0.3, 0.4) is 0 Å². The Morgan fingerprint density at radius 1 is 0.846 bits per heavy atom. The van der Waals surface area contributed by atoms with E-state index in [1.165, 1.54) is 0 Å². The molecule has 0 aliphatic rings. The number of carbonyl (C=O) groups is 1. The van der Waals surface area contributed by atoms with Gasteiger partial charge in [0.15, 0.2) is 0 Å². The van der Waals surface area contributed by atoms with Crippen molar-refractivity contribution < 1.29 is 4.79 Å². The van der Waals surface area contributed by atoms with E-state index < -0.39 is 0 Å². The quantitative estimate of drug-likeness (QED) is 0.316. The van der Waals surface area contributed by atoms with E-state index in [4.69, 9.17) is 0 Å². The lowest BCUT2D eigenvalue weighted by Gasteiger charge is -1.90. The van der Waals surface area contributed by atoms with E-state index >= 15 is 0 Å². The van der Waals surface area contributed by atoms with Gasteiger partial charge in [-0.3, -0.25) is 0 Å². The maximum Gasteiger partial charge on any atom is 0.119 e. The van der Waals surface area contributed by atoms with E-state index in [2.05, 4.69) is 24.3 Å². The summed E-state index contributed by atoms with van der Waals surface area (Å²) in [7, 11) is 0. The first kappa shape index (κ1) is 12.2. The van der Waals surface area contributed by atoms with Crippen LogP contribution in [-0.4, -0.2) is 6.29 Å². The van der Waals surface area contributed by atoms with Crippen molar-refractivity contribution in [3.8, 4) is 0 Å². The molecule has 0 unspecified atom stereocenters. The normalized spacial score (nSPS) is 11.5. The van der Waals surface area contributed by atoms with Crippen LogP contribution in [0.1, 0.15) is 45.4 Å². The van der Waals surface area contributed by atoms with Crippen LogP contribution >= 0.6 is 0 Å². The predicted octanol–water partition coefficient (Wildman–Crippen LogP) is 3.66. The van der Waals surface area contributed by atoms with Crippen molar-refractivity contribution >= 4 is 6.29 Å². The van der Waals surface area contributed by atoms with E-state index in [1.807, 2.05) is 6.92 Å². The summed E-state index contributed by atoms with van der Waals surface area (Å²) in [5.74, 6) is 0. The summed E-state index contributed by atoms with van der Waals surface area (Å²) in [4.78, 5) is 9.99. The lowest BCUT2D eigenvalue weighted by atomic mass is 10.2. The molecule has 0 fully saturated rings. The zero-order chi connectivity index (χ0) is 9.78. The summed E-state index contributed by atoms with van der Waals surface area (Å²) in [6, 6.07) is 0. The van der Waals surface area contributed by atoms with Gasteiger partial charge in [-0.05, 0) is 39.0 Å². The Kier molecular flexibility index (Phi) is 10.4. The van der Waals surface area contributed by atoms with Crippen LogP contribution in [0.2, 0.25) is 0 Å². The van der Waals surface area contributed by atoms with Crippen LogP contribution in [0, 0.1) is 0 Å². The van der Waals surface area contributed by atoms with Crippen molar-refractivity contribution in [1.82, 2.24) is 0 Å². The minimum Gasteiger partial charge on any atom is -0.303 e. The highest BCUT2D eigenvalue weighted by Gasteiger charge is 1.83. The molecule has 0 N–H and O–H groups in total. The third-order valence-electron chi connectivity index (χ3n) is 1.85. The number of hydrogen-bond acceptors (Lipinski definition) is 1. The number of unbranched alkanes of at least 4 members (excludes halogenated alkanes) is 4. The Morgan fingerprint density at radius 3 is 2.15 bits per heavy atom. The molecular formula is C12H20O. The number of hydrogen-bond donors (Lipinski definition) is 0. The number of allylic oxidation sites excluding steroid dienone is 4. The van der Waals surface area contributed by atoms with Crippen molar-refractivity contribution in [2.45, 2.75) is 45.4 Å². The van der Waals surface area contributed by atoms with Gasteiger partial charge in [-0.25, -0.2) is 0 Å². The second-order valence-corrected chi connectivity index (χ2v) is 3.07. The highest BCUT2D eigenvalue weighted by molar-refractivity contribution is 5.48. The molecule has 74 valence electrons. The Balaban J connectivity index is 3.07. The molecule has 0 aromatic heterocycles. The minimum atomic E-state index is 0.715. The summed E-state index contributed by atoms with van der Waals surface area (Å²) in [5, 5.41) is 0. The van der Waals surface area contributed by atoms with Crippen LogP contribution in [-0.2, 0) is 4.79 Å². The van der Waals surface area contributed by atoms with Crippen molar-refractivity contribution in [1.29, 1.82) is 0 Å². The second kappa shape index (κ2) is 11.2. The van der Waals surface area contributed by atoms with Crippen LogP contribution in [0.5, 0.6) is 0 Å². The molecule has 13 heavy (non-hydrogen) atoms. The molecule has 0 aliphatic heterocycles. The van der Waals surface area contributed by atoms with Crippen molar-refractivity contribution in [3.63, 3.8) is 0 Å². The molecule has 0 aromatic rings. The van der Waals surface area contributed by atoms with Gasteiger partial charge in [0, 0.05) is 6.42 Å². The smallest absolute Gasteiger partial charge is 0.119 e. The van der Waals surface area contributed by atoms with Gasteiger partial charge in [0.2, 0.25) is 0 Å². The van der Waals surface area contributed by atoms with E-state index in [0.29, 0.717) is 6.42 Å². The summed E-state index contributed by atoms with van der Waals surface area (Å²) < 4.78 is 0. The zero-order valence-electron chi connectivity index (χ0n) is 8.54. The Labute approximate surface area is 81.5 Å². The molecule has 0 bridgehead atoms. The monoisotopic (exact) mass is 180 g/mol. The maximum atomic E-state index is 9.99. The first-order valence-corrected chi connectivity index (χ1v) is 5.11. The zero-order valence-corrected chi connectivity index (χ0v) is 8.54. The Morgan fingerprint density at radius 2 is 1.46 bits per heavy atom. The third-order valence-corrected chi connectivity index (χ3v) is 1.85. The molecule has 0 spiro atoms. The Hall–Kier alpha value is -0.850. The largest absolute Gasteiger partial charge is 0.303 e. The topological polar surface area (TPSA) is 17.1 Å². The van der Waals surface area contributed by atoms with Gasteiger partial charge >= 0.3 is 0 Å². The van der Waals surface area contributed by atoms with Gasteiger partial charge in [-0.1, -0.05) is 24.3 Å². The molecule has 0 aliphatic carbocycles. The van der Waals surface area contributed by atoms with Crippen LogP contribution in [0.15, 0.2) is 24.3 Å². The van der Waals surface area contributed by atoms with E-state index in [9.17, 15) is 4.79 Å². The molecule has 1 heteroatoms. The van der Waals surface area contributed by atoms with Crippen LogP contribution in [0.4, 0.5) is 0 Å². The molecule has 0 heterocycles. The lowest BCUT2D eigenvalue weighted by Crippen LogP contribution is -1.76. The fourth-order valence-electron chi connectivity index (χ4n) is 1.08. The molecular weight excluding hydrogens is 160 g/mol. The molecule has 0 radical (unpaired) electrons. The summed E-state index contributed by atoms with van der Waals surface area (Å²) in [5.41, 5.74) is 0. The molecule has 0 aromatic carbocycles. The van der Waals surface area contributed by atoms with Crippen LogP contribution < -0.4 is 0 Å². The summed E-state index contributed by atoms with van der Waals surface area (Å²) in [6.45, 7) is 2.04. The molecule has 0 saturated heterocycles. The fourth-order valence-corrected chi connectivity index (χ4v) is 1.08. The average Bonchev–Trinajstić information content (AvgIpc) is 2.16. The number of rotatable bonds is 8. The Bertz CT molecular complexity index is 157. The summed E-state index contributed by atoms with van der Waals surface area (Å²) in [6.07, 6.45) is 16.0. The molecule has 0 rings (SSSR count). The standard InChI is InChI=1S/C12H20O/c1-2-3-4-5-6-7-8-9-10-11-12-13/h2-3,6-7,12H,4-5,8-11H2,1H3. The average molecular weight is 180 g/mol. The van der Waals surface area contributed by atoms with Crippen molar-refractivity contribution in [3.05, 3.63) is 24.3 Å². The predicted molar refractivity (Wildman–Crippen MR) is 57.7 cm³/mol. The number of carbonyl (C=O) groups excluding carboxylic acids is 1. The van der Waals surface area contributed by atoms with E-state index in [1.54, 1.807) is 0 Å². The molecule has 0 saturated carbocycles. The first-order valence-electron chi connectivity index (χ1n) is 5.11. The fraction of sp³-hybridized carbons (Fsp3) is 0.583. The van der Waals surface area contributed by atoms with E-state index in [0.717, 1.165) is 38.4 Å². The first-order chi connectivity index (χ1) is 6.41. The molecule has 0 atom stereocenters. The van der Waals surface area contributed by atoms with Gasteiger partial charge in [-0.15, -0.1) is 0 Å². The summed E-state index contributed by atoms with van der Waals surface area (Å²) >= 11 is 0. The number of aldehydes is 1. The van der Waals surface area contributed by atoms with Gasteiger partial charge in [0.25, 0.3) is 0 Å². The van der Waals surface area contributed by atoms with Crippen molar-refractivity contribution in [2.24, 2.45) is 0 Å². The van der Waals surface area contributed by atoms with E-state index in [-0.39, 0.29) is 0 Å². The maximum absolute atomic E-state index is 9.99. The van der Waals surface area contributed by atoms with Gasteiger partial charge < -0.3 is 4.79 Å². The minimum absolute atomic E-state index is 0.715. The van der Waals surface area contributed by atoms with Gasteiger partial charge in [0.1, 0.15) is 6.29 Å². The SMILES string of the molecule is CC=CCCC=CCCCCC=O. The third kappa shape index (κ3) is 11.1. The second-order valence-electron chi connectivity index (χ2n) is 3.07. The van der Waals surface area contributed by atoms with Gasteiger partial charge in [0.05, 0.1) is 0 Å². The van der Waals surface area contributed by atoms with Crippen molar-refractivity contribution in [2.75, 3.05) is 0 Å². The lowest BCUT2D eigenvalue weighted by molar-refractivity contribution is -0.107.